The Morgan fingerprint density at radius 3 is 2.68 bits per heavy atom. The van der Waals surface area contributed by atoms with Crippen LogP contribution < -0.4 is 15.5 Å². The van der Waals surface area contributed by atoms with Crippen LogP contribution in [-0.2, 0) is 9.53 Å². The van der Waals surface area contributed by atoms with Crippen molar-refractivity contribution < 1.29 is 19.1 Å². The number of pyridine rings is 1. The van der Waals surface area contributed by atoms with Crippen LogP contribution in [0.15, 0.2) is 60.8 Å². The minimum Gasteiger partial charge on any atom is -0.372 e. The first-order valence-corrected chi connectivity index (χ1v) is 12.5. The Bertz CT molecular complexity index is 1300. The predicted octanol–water partition coefficient (Wildman–Crippen LogP) is 4.93. The monoisotopic (exact) mass is 520 g/mol. The highest BCUT2D eigenvalue weighted by molar-refractivity contribution is 6.30. The van der Waals surface area contributed by atoms with E-state index in [1.165, 1.54) is 13.1 Å². The van der Waals surface area contributed by atoms with E-state index in [1.807, 2.05) is 37.3 Å². The molecule has 0 spiro atoms. The molecule has 0 aliphatic carbocycles. The van der Waals surface area contributed by atoms with E-state index >= 15 is 0 Å². The zero-order chi connectivity index (χ0) is 26.4. The average Bonchev–Trinajstić information content (AvgIpc) is 3.06. The van der Waals surface area contributed by atoms with Crippen LogP contribution in [0.25, 0.3) is 0 Å². The van der Waals surface area contributed by atoms with Crippen molar-refractivity contribution in [1.29, 1.82) is 0 Å². The van der Waals surface area contributed by atoms with Gasteiger partial charge < -0.3 is 20.3 Å². The van der Waals surface area contributed by atoms with Gasteiger partial charge in [0.15, 0.2) is 0 Å². The van der Waals surface area contributed by atoms with E-state index in [4.69, 9.17) is 16.3 Å². The molecule has 4 rings (SSSR count). The van der Waals surface area contributed by atoms with Gasteiger partial charge in [0.1, 0.15) is 5.82 Å². The molecular weight excluding hydrogens is 492 g/mol. The molecule has 8 nitrogen and oxygen atoms in total. The summed E-state index contributed by atoms with van der Waals surface area (Å²) in [6.45, 7) is 4.59. The first kappa shape index (κ1) is 26.3. The average molecular weight is 521 g/mol. The minimum atomic E-state index is -0.257. The van der Waals surface area contributed by atoms with Crippen molar-refractivity contribution in [3.63, 3.8) is 0 Å². The number of carbonyl (C=O) groups excluding carboxylic acids is 3. The number of halogens is 1. The molecule has 2 N–H and O–H groups in total. The normalized spacial score (nSPS) is 14.9. The SMILES string of the molecule is CC(=O)NCCOC1CCCN(C(=O)c2ccc(NC(=O)c3ccccc3C)nc2)c2ccc(Cl)cc21. The number of amides is 3. The topological polar surface area (TPSA) is 101 Å². The molecule has 0 saturated carbocycles. The van der Waals surface area contributed by atoms with Crippen LogP contribution in [0.1, 0.15) is 57.7 Å². The molecule has 0 saturated heterocycles. The number of ether oxygens (including phenoxy) is 1. The van der Waals surface area contributed by atoms with E-state index in [-0.39, 0.29) is 23.8 Å². The lowest BCUT2D eigenvalue weighted by Gasteiger charge is -2.24. The van der Waals surface area contributed by atoms with Crippen molar-refractivity contribution in [3.8, 4) is 0 Å². The highest BCUT2D eigenvalue weighted by atomic mass is 35.5. The van der Waals surface area contributed by atoms with Crippen molar-refractivity contribution in [2.75, 3.05) is 29.9 Å². The van der Waals surface area contributed by atoms with E-state index < -0.39 is 0 Å². The van der Waals surface area contributed by atoms with E-state index in [2.05, 4.69) is 15.6 Å². The fraction of sp³-hybridized carbons (Fsp3) is 0.286. The molecule has 37 heavy (non-hydrogen) atoms. The van der Waals surface area contributed by atoms with Crippen LogP contribution in [0.3, 0.4) is 0 Å². The third-order valence-electron chi connectivity index (χ3n) is 6.16. The molecular formula is C28H29ClN4O4. The van der Waals surface area contributed by atoms with Gasteiger partial charge in [-0.2, -0.15) is 0 Å². The first-order chi connectivity index (χ1) is 17.8. The number of aromatic nitrogens is 1. The maximum Gasteiger partial charge on any atom is 0.259 e. The lowest BCUT2D eigenvalue weighted by atomic mass is 10.0. The van der Waals surface area contributed by atoms with Crippen LogP contribution in [0.2, 0.25) is 5.02 Å². The summed E-state index contributed by atoms with van der Waals surface area (Å²) in [6, 6.07) is 16.0. The van der Waals surface area contributed by atoms with Crippen molar-refractivity contribution >= 4 is 40.8 Å². The number of hydrogen-bond donors (Lipinski definition) is 2. The predicted molar refractivity (Wildman–Crippen MR) is 143 cm³/mol. The second-order valence-corrected chi connectivity index (χ2v) is 9.28. The fourth-order valence-electron chi connectivity index (χ4n) is 4.31. The number of anilines is 2. The van der Waals surface area contributed by atoms with Crippen molar-refractivity contribution in [2.45, 2.75) is 32.8 Å². The van der Waals surface area contributed by atoms with Crippen LogP contribution in [0, 0.1) is 6.92 Å². The molecule has 1 atom stereocenters. The van der Waals surface area contributed by atoms with Gasteiger partial charge >= 0.3 is 0 Å². The Morgan fingerprint density at radius 2 is 1.95 bits per heavy atom. The minimum absolute atomic E-state index is 0.112. The van der Waals surface area contributed by atoms with Crippen LogP contribution >= 0.6 is 11.6 Å². The summed E-state index contributed by atoms with van der Waals surface area (Å²) in [7, 11) is 0. The highest BCUT2D eigenvalue weighted by Gasteiger charge is 2.28. The lowest BCUT2D eigenvalue weighted by Crippen LogP contribution is -2.32. The molecule has 0 radical (unpaired) electrons. The van der Waals surface area contributed by atoms with Crippen LogP contribution in [0.5, 0.6) is 0 Å². The summed E-state index contributed by atoms with van der Waals surface area (Å²) in [5.41, 5.74) is 3.40. The molecule has 3 aromatic rings. The summed E-state index contributed by atoms with van der Waals surface area (Å²) in [6.07, 6.45) is 2.65. The Hall–Kier alpha value is -3.75. The van der Waals surface area contributed by atoms with Gasteiger partial charge in [0.25, 0.3) is 11.8 Å². The molecule has 9 heteroatoms. The fourth-order valence-corrected chi connectivity index (χ4v) is 4.49. The van der Waals surface area contributed by atoms with E-state index in [0.29, 0.717) is 48.1 Å². The number of nitrogens with zero attached hydrogens (tertiary/aromatic N) is 2. The Morgan fingerprint density at radius 1 is 1.14 bits per heavy atom. The van der Waals surface area contributed by atoms with Gasteiger partial charge in [-0.1, -0.05) is 29.8 Å². The number of aryl methyl sites for hydroxylation is 1. The maximum absolute atomic E-state index is 13.5. The van der Waals surface area contributed by atoms with Crippen LogP contribution in [0.4, 0.5) is 11.5 Å². The molecule has 3 amide bonds. The Labute approximate surface area is 221 Å². The molecule has 1 unspecified atom stereocenters. The smallest absolute Gasteiger partial charge is 0.259 e. The number of carbonyl (C=O) groups is 3. The molecule has 1 aromatic heterocycles. The van der Waals surface area contributed by atoms with Gasteiger partial charge in [-0.25, -0.2) is 4.98 Å². The third-order valence-corrected chi connectivity index (χ3v) is 6.39. The van der Waals surface area contributed by atoms with Gasteiger partial charge in [0, 0.05) is 48.0 Å². The largest absolute Gasteiger partial charge is 0.372 e. The van der Waals surface area contributed by atoms with Gasteiger partial charge in [0.2, 0.25) is 5.91 Å². The van der Waals surface area contributed by atoms with Crippen molar-refractivity contribution in [2.24, 2.45) is 0 Å². The zero-order valence-corrected chi connectivity index (χ0v) is 21.5. The quantitative estimate of drug-likeness (QED) is 0.430. The molecule has 1 aliphatic heterocycles. The van der Waals surface area contributed by atoms with Gasteiger partial charge in [0.05, 0.1) is 18.3 Å². The number of benzene rings is 2. The standard InChI is InChI=1S/C28H29ClN4O4/c1-18-6-3-4-7-22(18)27(35)32-26-12-9-20(17-31-26)28(36)33-14-5-8-25(37-15-13-30-19(2)34)23-16-21(29)10-11-24(23)33/h3-4,6-7,9-12,16-17,25H,5,8,13-15H2,1-2H3,(H,30,34)(H,31,32,35). The van der Waals surface area contributed by atoms with Crippen molar-refractivity contribution in [3.05, 3.63) is 88.1 Å². The number of nitrogens with one attached hydrogen (secondary N) is 2. The zero-order valence-electron chi connectivity index (χ0n) is 20.8. The summed E-state index contributed by atoms with van der Waals surface area (Å²) < 4.78 is 6.06. The van der Waals surface area contributed by atoms with Gasteiger partial charge in [-0.15, -0.1) is 0 Å². The molecule has 2 heterocycles. The second-order valence-electron chi connectivity index (χ2n) is 8.85. The van der Waals surface area contributed by atoms with E-state index in [0.717, 1.165) is 23.2 Å². The number of rotatable bonds is 7. The maximum atomic E-state index is 13.5. The highest BCUT2D eigenvalue weighted by Crippen LogP contribution is 2.37. The van der Waals surface area contributed by atoms with E-state index in [1.54, 1.807) is 29.2 Å². The van der Waals surface area contributed by atoms with Crippen LogP contribution in [-0.4, -0.2) is 42.4 Å². The molecule has 0 fully saturated rings. The third kappa shape index (κ3) is 6.53. The second kappa shape index (κ2) is 12.0. The summed E-state index contributed by atoms with van der Waals surface area (Å²) >= 11 is 6.29. The molecule has 2 aromatic carbocycles. The van der Waals surface area contributed by atoms with Gasteiger partial charge in [-0.3, -0.25) is 14.4 Å². The summed E-state index contributed by atoms with van der Waals surface area (Å²) in [4.78, 5) is 43.3. The lowest BCUT2D eigenvalue weighted by molar-refractivity contribution is -0.119. The summed E-state index contributed by atoms with van der Waals surface area (Å²) in [5, 5.41) is 6.06. The molecule has 1 aliphatic rings. The molecule has 192 valence electrons. The Kier molecular flexibility index (Phi) is 8.53. The van der Waals surface area contributed by atoms with Crippen molar-refractivity contribution in [1.82, 2.24) is 10.3 Å². The summed E-state index contributed by atoms with van der Waals surface area (Å²) in [5.74, 6) is -0.209. The Balaban J connectivity index is 1.50. The van der Waals surface area contributed by atoms with E-state index in [9.17, 15) is 14.4 Å². The number of hydrogen-bond acceptors (Lipinski definition) is 5. The first-order valence-electron chi connectivity index (χ1n) is 12.1. The van der Waals surface area contributed by atoms with Gasteiger partial charge in [-0.05, 0) is 61.7 Å². The molecule has 0 bridgehead atoms. The number of fused-ring (bicyclic) bond motifs is 1.